The largest absolute Gasteiger partial charge is 0.417 e. The summed E-state index contributed by atoms with van der Waals surface area (Å²) >= 11 is 0. The molecule has 0 aromatic carbocycles. The Morgan fingerprint density at radius 1 is 1.40 bits per heavy atom. The second-order valence-electron chi connectivity index (χ2n) is 5.39. The number of ether oxygens (including phenoxy) is 1. The van der Waals surface area contributed by atoms with E-state index < -0.39 is 11.7 Å². The number of hydrogen-bond acceptors (Lipinski definition) is 4. The van der Waals surface area contributed by atoms with Crippen molar-refractivity contribution in [3.05, 3.63) is 29.6 Å². The van der Waals surface area contributed by atoms with E-state index in [2.05, 4.69) is 10.4 Å². The monoisotopic (exact) mass is 289 g/mol. The van der Waals surface area contributed by atoms with Crippen molar-refractivity contribution in [2.75, 3.05) is 19.8 Å². The van der Waals surface area contributed by atoms with Gasteiger partial charge < -0.3 is 4.74 Å². The second kappa shape index (κ2) is 5.67. The lowest BCUT2D eigenvalue weighted by atomic mass is 10.1. The molecule has 2 rings (SSSR count). The molecule has 0 spiro atoms. The minimum atomic E-state index is -4.34. The Morgan fingerprint density at radius 2 is 2.15 bits per heavy atom. The van der Waals surface area contributed by atoms with Crippen molar-refractivity contribution in [1.82, 2.24) is 15.4 Å². The molecule has 0 unspecified atom stereocenters. The maximum Gasteiger partial charge on any atom is 0.417 e. The standard InChI is InChI=1S/C13H18F3N3O/c1-12(2)9-20-6-5-19(12)18-8-11-4-3-10(7-17-11)13(14,15)16/h3-4,7,18H,5-6,8-9H2,1-2H3. The van der Waals surface area contributed by atoms with Crippen LogP contribution in [-0.4, -0.2) is 35.3 Å². The van der Waals surface area contributed by atoms with Crippen LogP contribution in [0.4, 0.5) is 13.2 Å². The number of morpholine rings is 1. The summed E-state index contributed by atoms with van der Waals surface area (Å²) in [6, 6.07) is 2.44. The molecule has 0 aliphatic carbocycles. The smallest absolute Gasteiger partial charge is 0.378 e. The van der Waals surface area contributed by atoms with Gasteiger partial charge in [0.15, 0.2) is 0 Å². The molecule has 1 aliphatic heterocycles. The molecule has 1 fully saturated rings. The highest BCUT2D eigenvalue weighted by atomic mass is 19.4. The van der Waals surface area contributed by atoms with E-state index in [4.69, 9.17) is 4.74 Å². The molecular formula is C13H18F3N3O. The molecule has 1 saturated heterocycles. The van der Waals surface area contributed by atoms with Gasteiger partial charge in [-0.2, -0.15) is 13.2 Å². The lowest BCUT2D eigenvalue weighted by Gasteiger charge is -2.42. The first kappa shape index (κ1) is 15.2. The van der Waals surface area contributed by atoms with Crippen molar-refractivity contribution < 1.29 is 17.9 Å². The Kier molecular flexibility index (Phi) is 4.31. The average Bonchev–Trinajstić information content (AvgIpc) is 2.36. The Bertz CT molecular complexity index is 445. The molecule has 1 aliphatic rings. The Balaban J connectivity index is 1.94. The zero-order chi connectivity index (χ0) is 14.8. The molecule has 0 bridgehead atoms. The van der Waals surface area contributed by atoms with Crippen LogP contribution in [0.2, 0.25) is 0 Å². The first-order valence-electron chi connectivity index (χ1n) is 6.40. The molecular weight excluding hydrogens is 271 g/mol. The molecule has 0 atom stereocenters. The molecule has 0 radical (unpaired) electrons. The quantitative estimate of drug-likeness (QED) is 0.926. The first-order chi connectivity index (χ1) is 9.29. The molecule has 1 aromatic heterocycles. The Labute approximate surface area is 115 Å². The Morgan fingerprint density at radius 3 is 2.70 bits per heavy atom. The van der Waals surface area contributed by atoms with Crippen LogP contribution in [0.5, 0.6) is 0 Å². The van der Waals surface area contributed by atoms with E-state index in [1.807, 2.05) is 18.9 Å². The number of alkyl halides is 3. The Hall–Kier alpha value is -1.18. The maximum atomic E-state index is 12.4. The lowest BCUT2D eigenvalue weighted by Crippen LogP contribution is -2.58. The van der Waals surface area contributed by atoms with E-state index in [1.165, 1.54) is 6.07 Å². The van der Waals surface area contributed by atoms with Crippen molar-refractivity contribution in [3.8, 4) is 0 Å². The van der Waals surface area contributed by atoms with Gasteiger partial charge in [0, 0.05) is 12.7 Å². The first-order valence-corrected chi connectivity index (χ1v) is 6.40. The number of nitrogens with zero attached hydrogens (tertiary/aromatic N) is 2. The van der Waals surface area contributed by atoms with Crippen molar-refractivity contribution in [1.29, 1.82) is 0 Å². The molecule has 0 saturated carbocycles. The molecule has 112 valence electrons. The molecule has 1 N–H and O–H groups in total. The van der Waals surface area contributed by atoms with E-state index in [0.717, 1.165) is 18.8 Å². The van der Waals surface area contributed by atoms with Crippen molar-refractivity contribution in [3.63, 3.8) is 0 Å². The second-order valence-corrected chi connectivity index (χ2v) is 5.39. The topological polar surface area (TPSA) is 37.4 Å². The van der Waals surface area contributed by atoms with Crippen LogP contribution in [0.25, 0.3) is 0 Å². The van der Waals surface area contributed by atoms with Crippen LogP contribution in [0, 0.1) is 0 Å². The van der Waals surface area contributed by atoms with Crippen molar-refractivity contribution >= 4 is 0 Å². The summed E-state index contributed by atoms with van der Waals surface area (Å²) in [5.41, 5.74) is 2.89. The number of aromatic nitrogens is 1. The molecule has 4 nitrogen and oxygen atoms in total. The van der Waals surface area contributed by atoms with Crippen molar-refractivity contribution in [2.24, 2.45) is 0 Å². The SMILES string of the molecule is CC1(C)COCCN1NCc1ccc(C(F)(F)F)cn1. The summed E-state index contributed by atoms with van der Waals surface area (Å²) in [5.74, 6) is 0. The van der Waals surface area contributed by atoms with Crippen LogP contribution < -0.4 is 5.43 Å². The van der Waals surface area contributed by atoms with Crippen LogP contribution in [0.3, 0.4) is 0 Å². The fourth-order valence-corrected chi connectivity index (χ4v) is 2.02. The van der Waals surface area contributed by atoms with E-state index in [1.54, 1.807) is 0 Å². The number of rotatable bonds is 3. The number of halogens is 3. The minimum Gasteiger partial charge on any atom is -0.378 e. The van der Waals surface area contributed by atoms with Crippen molar-refractivity contribution in [2.45, 2.75) is 32.1 Å². The summed E-state index contributed by atoms with van der Waals surface area (Å²) in [6.45, 7) is 6.45. The van der Waals surface area contributed by atoms with Crippen LogP contribution in [0.1, 0.15) is 25.1 Å². The highest BCUT2D eigenvalue weighted by Gasteiger charge is 2.31. The average molecular weight is 289 g/mol. The van der Waals surface area contributed by atoms with Gasteiger partial charge in [-0.1, -0.05) is 0 Å². The van der Waals surface area contributed by atoms with Gasteiger partial charge in [-0.3, -0.25) is 4.98 Å². The van der Waals surface area contributed by atoms with Gasteiger partial charge in [0.2, 0.25) is 0 Å². The fraction of sp³-hybridized carbons (Fsp3) is 0.615. The zero-order valence-electron chi connectivity index (χ0n) is 11.5. The van der Waals surface area contributed by atoms with Gasteiger partial charge in [0.05, 0.1) is 36.6 Å². The highest BCUT2D eigenvalue weighted by Crippen LogP contribution is 2.28. The number of hydrazine groups is 1. The third-order valence-electron chi connectivity index (χ3n) is 3.25. The molecule has 0 amide bonds. The van der Waals surface area contributed by atoms with E-state index in [0.29, 0.717) is 25.5 Å². The predicted octanol–water partition coefficient (Wildman–Crippen LogP) is 2.22. The fourth-order valence-electron chi connectivity index (χ4n) is 2.02. The van der Waals surface area contributed by atoms with Crippen LogP contribution >= 0.6 is 0 Å². The summed E-state index contributed by atoms with van der Waals surface area (Å²) in [5, 5.41) is 2.04. The molecule has 7 heteroatoms. The molecule has 1 aromatic rings. The van der Waals surface area contributed by atoms with E-state index in [9.17, 15) is 13.2 Å². The van der Waals surface area contributed by atoms with Gasteiger partial charge in [-0.05, 0) is 26.0 Å². The van der Waals surface area contributed by atoms with Gasteiger partial charge >= 0.3 is 6.18 Å². The van der Waals surface area contributed by atoms with Gasteiger partial charge in [0.1, 0.15) is 0 Å². The molecule has 20 heavy (non-hydrogen) atoms. The summed E-state index contributed by atoms with van der Waals surface area (Å²) < 4.78 is 42.7. The molecule has 2 heterocycles. The number of hydrogen-bond donors (Lipinski definition) is 1. The predicted molar refractivity (Wildman–Crippen MR) is 67.7 cm³/mol. The van der Waals surface area contributed by atoms with E-state index >= 15 is 0 Å². The third kappa shape index (κ3) is 3.68. The maximum absolute atomic E-state index is 12.4. The van der Waals surface area contributed by atoms with Crippen LogP contribution in [0.15, 0.2) is 18.3 Å². The zero-order valence-corrected chi connectivity index (χ0v) is 11.5. The van der Waals surface area contributed by atoms with Gasteiger partial charge in [0.25, 0.3) is 0 Å². The summed E-state index contributed by atoms with van der Waals surface area (Å²) in [7, 11) is 0. The summed E-state index contributed by atoms with van der Waals surface area (Å²) in [6.07, 6.45) is -3.48. The highest BCUT2D eigenvalue weighted by molar-refractivity contribution is 5.16. The van der Waals surface area contributed by atoms with E-state index in [-0.39, 0.29) is 5.54 Å². The number of nitrogens with one attached hydrogen (secondary N) is 1. The van der Waals surface area contributed by atoms with Gasteiger partial charge in [-0.15, -0.1) is 0 Å². The third-order valence-corrected chi connectivity index (χ3v) is 3.25. The van der Waals surface area contributed by atoms with Crippen LogP contribution in [-0.2, 0) is 17.5 Å². The minimum absolute atomic E-state index is 0.149. The summed E-state index contributed by atoms with van der Waals surface area (Å²) in [4.78, 5) is 3.84. The number of pyridine rings is 1. The lowest BCUT2D eigenvalue weighted by molar-refractivity contribution is -0.137. The normalized spacial score (nSPS) is 20.1. The van der Waals surface area contributed by atoms with Gasteiger partial charge in [-0.25, -0.2) is 10.4 Å².